The van der Waals surface area contributed by atoms with Gasteiger partial charge < -0.3 is 116 Å². The Bertz CT molecular complexity index is 5520. The van der Waals surface area contributed by atoms with Crippen LogP contribution in [0.5, 0.6) is 0 Å². The van der Waals surface area contributed by atoms with Gasteiger partial charge in [0.25, 0.3) is 5.91 Å². The maximum atomic E-state index is 15.8. The van der Waals surface area contributed by atoms with Crippen molar-refractivity contribution in [1.82, 2.24) is 98.4 Å². The number of fused-ring (bicyclic) bond motifs is 3. The van der Waals surface area contributed by atoms with Crippen LogP contribution in [-0.4, -0.2) is 283 Å². The maximum absolute atomic E-state index is 15.8. The van der Waals surface area contributed by atoms with Crippen LogP contribution in [0.2, 0.25) is 0 Å². The van der Waals surface area contributed by atoms with Crippen LogP contribution in [0.15, 0.2) is 134 Å². The number of Topliss-reactive ketones (excluding diaryl/α,β-unsaturated/α-hetero) is 2. The van der Waals surface area contributed by atoms with Gasteiger partial charge in [0.05, 0.1) is 37.7 Å². The summed E-state index contributed by atoms with van der Waals surface area (Å²) in [6, 6.07) is 11.3. The highest BCUT2D eigenvalue weighted by atomic mass is 32.2. The second-order valence-electron chi connectivity index (χ2n) is 36.0. The largest absolute Gasteiger partial charge is 0.394 e. The van der Waals surface area contributed by atoms with Gasteiger partial charge in [-0.15, -0.1) is 11.8 Å². The van der Waals surface area contributed by atoms with Crippen molar-refractivity contribution in [3.05, 3.63) is 162 Å². The molecule has 0 aliphatic carbocycles. The number of amides is 18. The summed E-state index contributed by atoms with van der Waals surface area (Å²) < 4.78 is 0. The fraction of sp³-hybridized carbons (Fsp3) is 0.490. The van der Waals surface area contributed by atoms with Crippen molar-refractivity contribution in [3.8, 4) is 0 Å². The van der Waals surface area contributed by atoms with Crippen LogP contribution < -0.4 is 81.0 Å². The summed E-state index contributed by atoms with van der Waals surface area (Å²) in [6.07, 6.45) is 3.96. The monoisotopic (exact) mass is 1970 g/mol. The number of imidazole rings is 1. The average molecular weight is 1970 g/mol. The van der Waals surface area contributed by atoms with E-state index in [4.69, 9.17) is 17.2 Å². The van der Waals surface area contributed by atoms with Crippen molar-refractivity contribution in [1.29, 1.82) is 0 Å². The van der Waals surface area contributed by atoms with E-state index in [1.54, 1.807) is 135 Å². The molecule has 4 aromatic carbocycles. The minimum Gasteiger partial charge on any atom is -0.394 e. The van der Waals surface area contributed by atoms with E-state index in [1.165, 1.54) is 38.4 Å². The Balaban J connectivity index is 1.11. The normalized spacial score (nSPS) is 23.2. The number of carbonyl (C=O) groups excluding carboxylic acids is 19. The Morgan fingerprint density at radius 1 is 0.511 bits per heavy atom. The number of aromatic nitrogens is 4. The Labute approximate surface area is 820 Å². The van der Waals surface area contributed by atoms with Gasteiger partial charge in [-0.2, -0.15) is 0 Å². The molecule has 43 heteroatoms. The van der Waals surface area contributed by atoms with Gasteiger partial charge in [-0.05, 0) is 118 Å². The number of benzene rings is 4. The van der Waals surface area contributed by atoms with Crippen molar-refractivity contribution in [2.45, 2.75) is 229 Å². The second kappa shape index (κ2) is 54.8. The summed E-state index contributed by atoms with van der Waals surface area (Å²) in [4.78, 5) is 294. The zero-order valence-corrected chi connectivity index (χ0v) is 81.2. The molecule has 2 aliphatic rings. The predicted molar refractivity (Wildman–Crippen MR) is 523 cm³/mol. The van der Waals surface area contributed by atoms with E-state index >= 15 is 38.4 Å². The summed E-state index contributed by atoms with van der Waals surface area (Å²) in [5, 5.41) is 44.6. The number of H-pyrrole nitrogens is 3. The smallest absolute Gasteiger partial charge is 0.312 e. The molecule has 0 unspecified atom stereocenters. The molecular weight excluding hydrogens is 1840 g/mol. The zero-order chi connectivity index (χ0) is 103. The number of ketones is 2. The lowest BCUT2D eigenvalue weighted by Crippen LogP contribution is -2.60. The van der Waals surface area contributed by atoms with Gasteiger partial charge in [-0.25, -0.2) is 9.78 Å². The Kier molecular flexibility index (Phi) is 42.9. The molecule has 2 aliphatic heterocycles. The van der Waals surface area contributed by atoms with Crippen LogP contribution in [-0.2, 0) is 107 Å². The number of thioether (sulfide) groups is 1. The zero-order valence-electron chi connectivity index (χ0n) is 80.4. The van der Waals surface area contributed by atoms with E-state index in [0.29, 0.717) is 69.9 Å². The van der Waals surface area contributed by atoms with E-state index in [1.807, 2.05) is 13.8 Å². The number of rotatable bonds is 30. The molecule has 3 aromatic heterocycles. The number of carbonyl (C=O) groups is 19. The molecule has 2 fully saturated rings. The number of nitrogens with two attached hydrogens (primary N) is 3. The minimum atomic E-state index is -1.78. The Morgan fingerprint density at radius 3 is 1.68 bits per heavy atom. The van der Waals surface area contributed by atoms with Gasteiger partial charge >= 0.3 is 6.03 Å². The number of aliphatic hydroxyl groups is 1. The van der Waals surface area contributed by atoms with Crippen LogP contribution in [0.3, 0.4) is 0 Å². The summed E-state index contributed by atoms with van der Waals surface area (Å²) in [6.45, 7) is 6.19. The number of para-hydroxylation sites is 2. The highest BCUT2D eigenvalue weighted by molar-refractivity contribution is 8.00. The lowest BCUT2D eigenvalue weighted by Gasteiger charge is -2.32. The molecule has 2 saturated heterocycles. The first-order valence-corrected chi connectivity index (χ1v) is 48.7. The van der Waals surface area contributed by atoms with Gasteiger partial charge in [0.2, 0.25) is 88.6 Å². The first-order chi connectivity index (χ1) is 67.4. The lowest BCUT2D eigenvalue weighted by atomic mass is 9.88. The number of aliphatic hydroxyl groups excluding tert-OH is 1. The molecule has 0 bridgehead atoms. The summed E-state index contributed by atoms with van der Waals surface area (Å²) >= 11 is 0.776. The molecule has 9 rings (SSSR count). The number of nitrogens with zero attached hydrogens (tertiary/aromatic N) is 4. The van der Waals surface area contributed by atoms with E-state index < -0.39 is 240 Å². The van der Waals surface area contributed by atoms with Crippen molar-refractivity contribution >= 4 is 146 Å². The van der Waals surface area contributed by atoms with E-state index in [0.717, 1.165) is 21.6 Å². The Hall–Kier alpha value is -14.4. The molecule has 22 N–H and O–H groups in total. The molecule has 0 spiro atoms. The highest BCUT2D eigenvalue weighted by Gasteiger charge is 2.44. The van der Waals surface area contributed by atoms with Crippen molar-refractivity contribution in [2.24, 2.45) is 35.0 Å². The molecule has 141 heavy (non-hydrogen) atoms. The second-order valence-corrected chi connectivity index (χ2v) is 37.1. The van der Waals surface area contributed by atoms with Crippen LogP contribution in [0, 0.1) is 17.8 Å². The van der Waals surface area contributed by atoms with E-state index in [-0.39, 0.29) is 108 Å². The topological polar surface area (TPSA) is 637 Å². The van der Waals surface area contributed by atoms with Gasteiger partial charge in [0.15, 0.2) is 11.6 Å². The highest BCUT2D eigenvalue weighted by Crippen LogP contribution is 2.29. The van der Waals surface area contributed by atoms with Gasteiger partial charge in [-0.1, -0.05) is 138 Å². The van der Waals surface area contributed by atoms with Gasteiger partial charge in [0, 0.05) is 129 Å². The third-order valence-electron chi connectivity index (χ3n) is 24.9. The van der Waals surface area contributed by atoms with Crippen LogP contribution in [0.1, 0.15) is 164 Å². The number of nitrogens with one attached hydrogen (secondary N) is 15. The van der Waals surface area contributed by atoms with Crippen LogP contribution in [0.25, 0.3) is 21.8 Å². The summed E-state index contributed by atoms with van der Waals surface area (Å²) in [5.41, 5.74) is 20.1. The van der Waals surface area contributed by atoms with Crippen molar-refractivity contribution in [2.75, 3.05) is 58.4 Å². The molecule has 760 valence electrons. The number of hydrogen-bond donors (Lipinski definition) is 19. The molecule has 14 atom stereocenters. The first kappa shape index (κ1) is 110. The summed E-state index contributed by atoms with van der Waals surface area (Å²) in [5.74, 6) is -20.2. The standard InChI is InChI=1S/C98H132N22O20S/c1-8-10-30-70-89(131)111-71(33-22-37-104-98(101)140)90(132)117-77(88(130)107-51-83(100)125)53-141-54-84(126)109-74(41-58-24-14-12-15-25-58)96(138)118(6)57(5)85(127)115-75(47-82(99)124)97(139)120-39-23-35-79(120)94(136)114-73(46-64-50-102-55-108-64)92(134)113-72(40-56(3)4)91(133)110-69(36-38-103-86(128)59-26-16-13-17-27-59)80(122)44-60(42-62-48-105-67-31-20-18-28-65(62)67)87(129)116-76(52-121)81(123)45-61(43-63-49-106-68-32-21-19-29-66(63)68)95(137)119(7)78(34-11-9-2)93(135)112-70/h12-21,24-29,31-32,48-50,55-57,60-61,69-79,105-106,121H,8-11,22-23,30,33-47,51-54H2,1-7H3,(H2,99,124)(H2,100,125)(H,102,108)(H,103,128)(H,107,130)(H,109,126)(H,110,133)(H,111,131)(H,112,135)(H,113,134)(H,114,136)(H,115,127)(H,116,129)(H,117,132)(H3,101,104,140)/t57-,60+,61+,69-,70-,71-,72-,73-,74-,75-,76-,77-,78-,79-/m0/s1. The molecule has 5 heterocycles. The van der Waals surface area contributed by atoms with Crippen molar-refractivity contribution in [3.63, 3.8) is 0 Å². The van der Waals surface area contributed by atoms with Gasteiger partial charge in [0.1, 0.15) is 66.5 Å². The molecule has 42 nitrogen and oxygen atoms in total. The number of unbranched alkanes of at least 4 members (excludes halogenated alkanes) is 2. The fourth-order valence-electron chi connectivity index (χ4n) is 17.1. The molecule has 0 radical (unpaired) electrons. The number of primary amides is 3. The fourth-order valence-corrected chi connectivity index (χ4v) is 17.9. The third kappa shape index (κ3) is 33.2. The summed E-state index contributed by atoms with van der Waals surface area (Å²) in [7, 11) is 2.61. The predicted octanol–water partition coefficient (Wildman–Crippen LogP) is 0.733. The van der Waals surface area contributed by atoms with Gasteiger partial charge in [-0.3, -0.25) is 86.3 Å². The minimum absolute atomic E-state index is 0.00484. The molecular formula is C98H132N22O20S. The van der Waals surface area contributed by atoms with E-state index in [9.17, 15) is 57.8 Å². The number of aromatic amines is 3. The Morgan fingerprint density at radius 2 is 1.06 bits per heavy atom. The molecule has 18 amide bonds. The quantitative estimate of drug-likeness (QED) is 0.0276. The number of urea groups is 1. The first-order valence-electron chi connectivity index (χ1n) is 47.6. The number of likely N-dealkylation sites (N-methyl/N-ethyl adjacent to an activating group) is 2. The van der Waals surface area contributed by atoms with E-state index in [2.05, 4.69) is 83.7 Å². The lowest BCUT2D eigenvalue weighted by molar-refractivity contribution is -0.145. The molecule has 7 aromatic rings. The maximum Gasteiger partial charge on any atom is 0.312 e. The third-order valence-corrected chi connectivity index (χ3v) is 25.9. The van der Waals surface area contributed by atoms with Crippen LogP contribution >= 0.6 is 11.8 Å². The van der Waals surface area contributed by atoms with Crippen LogP contribution in [0.4, 0.5) is 4.79 Å². The molecule has 0 saturated carbocycles. The number of hydrogen-bond acceptors (Lipinski definition) is 22. The SMILES string of the molecule is CCCC[C@@H]1NC(=O)[C@H](CCCC)N(C)C(=O)[C@H](Cc2c[nH]c3ccccc23)CC(=O)[C@H](CO)NC(=O)[C@H](Cc2c[nH]c3ccccc23)CC(=O)[C@H](CCNC(=O)c2ccccc2)NC(=O)[C@H](CC(C)C)NC(=O)[C@H](Cc2cnc[nH]2)NC(=O)[C@@H]2CCCN2C(=O)[C@H](CC(N)=O)NC(=O)[C@H](C)N(C)C(=O)[C@H](Cc2ccccc2)NC(=O)CSC[C@@H](C(=O)NCC(N)=O)NC(=O)[C@H](CCCNC(N)=O)NC1=O. The average Bonchev–Trinajstić information content (AvgIpc) is 1.73. The van der Waals surface area contributed by atoms with Crippen molar-refractivity contribution < 1.29 is 96.2 Å².